The lowest BCUT2D eigenvalue weighted by molar-refractivity contribution is -0.120. The molecule has 1 amide bonds. The molecule has 2 rings (SSSR count). The number of carbonyl (C=O) groups excluding carboxylic acids is 1. The van der Waals surface area contributed by atoms with Crippen molar-refractivity contribution in [1.82, 2.24) is 5.32 Å². The molecule has 0 aromatic heterocycles. The summed E-state index contributed by atoms with van der Waals surface area (Å²) in [5, 5.41) is 2.83. The van der Waals surface area contributed by atoms with Gasteiger partial charge in [-0.15, -0.1) is 0 Å². The Morgan fingerprint density at radius 2 is 1.52 bits per heavy atom. The maximum Gasteiger partial charge on any atom is 0.224 e. The molecule has 0 radical (unpaired) electrons. The monoisotopic (exact) mass is 315 g/mol. The molecular formula is C18H21NO4. The van der Waals surface area contributed by atoms with Gasteiger partial charge in [0.25, 0.3) is 0 Å². The summed E-state index contributed by atoms with van der Waals surface area (Å²) in [6, 6.07) is 14.9. The first kappa shape index (κ1) is 16.7. The van der Waals surface area contributed by atoms with E-state index in [1.807, 2.05) is 48.5 Å². The summed E-state index contributed by atoms with van der Waals surface area (Å²) < 4.78 is 16.0. The van der Waals surface area contributed by atoms with Crippen molar-refractivity contribution in [2.45, 2.75) is 6.42 Å². The van der Waals surface area contributed by atoms with Crippen molar-refractivity contribution < 1.29 is 19.0 Å². The second kappa shape index (κ2) is 8.68. The van der Waals surface area contributed by atoms with Gasteiger partial charge in [0, 0.05) is 5.56 Å². The second-order valence-corrected chi connectivity index (χ2v) is 4.84. The highest BCUT2D eigenvalue weighted by Crippen LogP contribution is 2.25. The SMILES string of the molecule is COc1ccccc1CC(=O)NCCOc1ccccc1OC. The molecule has 0 saturated heterocycles. The number of rotatable bonds is 8. The van der Waals surface area contributed by atoms with E-state index in [9.17, 15) is 4.79 Å². The highest BCUT2D eigenvalue weighted by molar-refractivity contribution is 5.79. The largest absolute Gasteiger partial charge is 0.496 e. The molecule has 0 fully saturated rings. The fourth-order valence-corrected chi connectivity index (χ4v) is 2.17. The Labute approximate surface area is 136 Å². The van der Waals surface area contributed by atoms with Gasteiger partial charge in [0.05, 0.1) is 27.2 Å². The molecule has 122 valence electrons. The zero-order valence-electron chi connectivity index (χ0n) is 13.4. The van der Waals surface area contributed by atoms with E-state index in [4.69, 9.17) is 14.2 Å². The number of ether oxygens (including phenoxy) is 3. The molecule has 5 nitrogen and oxygen atoms in total. The number of methoxy groups -OCH3 is 2. The normalized spacial score (nSPS) is 10.0. The first-order chi connectivity index (χ1) is 11.2. The fraction of sp³-hybridized carbons (Fsp3) is 0.278. The lowest BCUT2D eigenvalue weighted by atomic mass is 10.1. The molecule has 1 N–H and O–H groups in total. The molecule has 5 heteroatoms. The highest BCUT2D eigenvalue weighted by Gasteiger charge is 2.08. The average molecular weight is 315 g/mol. The van der Waals surface area contributed by atoms with Gasteiger partial charge < -0.3 is 19.5 Å². The molecule has 0 spiro atoms. The molecule has 23 heavy (non-hydrogen) atoms. The Morgan fingerprint density at radius 1 is 0.913 bits per heavy atom. The molecular weight excluding hydrogens is 294 g/mol. The van der Waals surface area contributed by atoms with E-state index in [2.05, 4.69) is 5.32 Å². The van der Waals surface area contributed by atoms with Crippen molar-refractivity contribution in [3.63, 3.8) is 0 Å². The van der Waals surface area contributed by atoms with Crippen LogP contribution in [0.1, 0.15) is 5.56 Å². The van der Waals surface area contributed by atoms with Crippen LogP contribution in [0.5, 0.6) is 17.2 Å². The van der Waals surface area contributed by atoms with E-state index in [1.54, 1.807) is 14.2 Å². The molecule has 0 unspecified atom stereocenters. The molecule has 0 aliphatic carbocycles. The molecule has 2 aromatic rings. The van der Waals surface area contributed by atoms with Gasteiger partial charge in [0.15, 0.2) is 11.5 Å². The maximum absolute atomic E-state index is 12.0. The summed E-state index contributed by atoms with van der Waals surface area (Å²) in [5.41, 5.74) is 0.859. The topological polar surface area (TPSA) is 56.8 Å². The standard InChI is InChI=1S/C18H21NO4/c1-21-15-8-4-3-7-14(15)13-18(20)19-11-12-23-17-10-6-5-9-16(17)22-2/h3-10H,11-13H2,1-2H3,(H,19,20). The highest BCUT2D eigenvalue weighted by atomic mass is 16.5. The number of hydrogen-bond donors (Lipinski definition) is 1. The van der Waals surface area contributed by atoms with Gasteiger partial charge in [-0.05, 0) is 18.2 Å². The quantitative estimate of drug-likeness (QED) is 0.760. The van der Waals surface area contributed by atoms with Crippen LogP contribution in [0.2, 0.25) is 0 Å². The van der Waals surface area contributed by atoms with Crippen molar-refractivity contribution in [2.75, 3.05) is 27.4 Å². The third-order valence-corrected chi connectivity index (χ3v) is 3.29. The Bertz CT molecular complexity index is 642. The van der Waals surface area contributed by atoms with Crippen molar-refractivity contribution in [1.29, 1.82) is 0 Å². The minimum Gasteiger partial charge on any atom is -0.496 e. The van der Waals surface area contributed by atoms with Crippen LogP contribution in [-0.2, 0) is 11.2 Å². The van der Waals surface area contributed by atoms with Crippen molar-refractivity contribution in [3.8, 4) is 17.2 Å². The van der Waals surface area contributed by atoms with E-state index in [0.29, 0.717) is 30.4 Å². The first-order valence-corrected chi connectivity index (χ1v) is 7.39. The molecule has 0 saturated carbocycles. The zero-order chi connectivity index (χ0) is 16.5. The summed E-state index contributed by atoms with van der Waals surface area (Å²) in [6.45, 7) is 0.796. The van der Waals surface area contributed by atoms with Gasteiger partial charge in [-0.3, -0.25) is 4.79 Å². The Morgan fingerprint density at radius 3 is 2.22 bits per heavy atom. The van der Waals surface area contributed by atoms with Crippen LogP contribution < -0.4 is 19.5 Å². The molecule has 0 aliphatic heterocycles. The van der Waals surface area contributed by atoms with Crippen LogP contribution in [0.4, 0.5) is 0 Å². The van der Waals surface area contributed by atoms with Crippen molar-refractivity contribution in [3.05, 3.63) is 54.1 Å². The maximum atomic E-state index is 12.0. The van der Waals surface area contributed by atoms with Crippen LogP contribution in [0.15, 0.2) is 48.5 Å². The number of amides is 1. The number of hydrogen-bond acceptors (Lipinski definition) is 4. The first-order valence-electron chi connectivity index (χ1n) is 7.39. The lowest BCUT2D eigenvalue weighted by Crippen LogP contribution is -2.29. The van der Waals surface area contributed by atoms with Gasteiger partial charge in [0.2, 0.25) is 5.91 Å². The number of carbonyl (C=O) groups is 1. The van der Waals surface area contributed by atoms with E-state index in [-0.39, 0.29) is 12.3 Å². The van der Waals surface area contributed by atoms with Crippen LogP contribution in [0, 0.1) is 0 Å². The summed E-state index contributed by atoms with van der Waals surface area (Å²) >= 11 is 0. The van der Waals surface area contributed by atoms with Crippen LogP contribution in [0.25, 0.3) is 0 Å². The Balaban J connectivity index is 1.77. The van der Waals surface area contributed by atoms with Crippen LogP contribution in [-0.4, -0.2) is 33.3 Å². The van der Waals surface area contributed by atoms with Crippen LogP contribution in [0.3, 0.4) is 0 Å². The van der Waals surface area contributed by atoms with Gasteiger partial charge in [-0.1, -0.05) is 30.3 Å². The average Bonchev–Trinajstić information content (AvgIpc) is 2.59. The van der Waals surface area contributed by atoms with Gasteiger partial charge in [-0.25, -0.2) is 0 Å². The predicted octanol–water partition coefficient (Wildman–Crippen LogP) is 2.44. The number of para-hydroxylation sites is 3. The molecule has 0 aliphatic rings. The predicted molar refractivity (Wildman–Crippen MR) is 88.2 cm³/mol. The molecule has 0 atom stereocenters. The van der Waals surface area contributed by atoms with E-state index in [0.717, 1.165) is 5.56 Å². The van der Waals surface area contributed by atoms with E-state index < -0.39 is 0 Å². The minimum atomic E-state index is -0.0712. The Kier molecular flexibility index (Phi) is 6.29. The molecule has 2 aromatic carbocycles. The number of nitrogens with one attached hydrogen (secondary N) is 1. The summed E-state index contributed by atoms with van der Waals surface area (Å²) in [5.74, 6) is 1.98. The third kappa shape index (κ3) is 4.92. The smallest absolute Gasteiger partial charge is 0.224 e. The number of benzene rings is 2. The van der Waals surface area contributed by atoms with Crippen molar-refractivity contribution in [2.24, 2.45) is 0 Å². The Hall–Kier alpha value is -2.69. The van der Waals surface area contributed by atoms with Gasteiger partial charge in [-0.2, -0.15) is 0 Å². The van der Waals surface area contributed by atoms with Crippen LogP contribution >= 0.6 is 0 Å². The molecule has 0 heterocycles. The molecule has 0 bridgehead atoms. The fourth-order valence-electron chi connectivity index (χ4n) is 2.17. The van der Waals surface area contributed by atoms with E-state index >= 15 is 0 Å². The van der Waals surface area contributed by atoms with Gasteiger partial charge >= 0.3 is 0 Å². The third-order valence-electron chi connectivity index (χ3n) is 3.29. The van der Waals surface area contributed by atoms with Crippen molar-refractivity contribution >= 4 is 5.91 Å². The second-order valence-electron chi connectivity index (χ2n) is 4.84. The minimum absolute atomic E-state index is 0.0712. The van der Waals surface area contributed by atoms with E-state index in [1.165, 1.54) is 0 Å². The van der Waals surface area contributed by atoms with Gasteiger partial charge in [0.1, 0.15) is 12.4 Å². The zero-order valence-corrected chi connectivity index (χ0v) is 13.4. The summed E-state index contributed by atoms with van der Waals surface area (Å²) in [6.07, 6.45) is 0.276. The summed E-state index contributed by atoms with van der Waals surface area (Å²) in [7, 11) is 3.19. The lowest BCUT2D eigenvalue weighted by Gasteiger charge is -2.11. The summed E-state index contributed by atoms with van der Waals surface area (Å²) in [4.78, 5) is 12.0.